The number of fused-ring (bicyclic) bond motifs is 1. The van der Waals surface area contributed by atoms with Gasteiger partial charge in [-0.15, -0.1) is 0 Å². The number of rotatable bonds is 11. The van der Waals surface area contributed by atoms with Crippen molar-refractivity contribution in [3.63, 3.8) is 0 Å². The molecule has 2 aromatic rings. The van der Waals surface area contributed by atoms with Crippen LogP contribution in [0.3, 0.4) is 0 Å². The predicted molar refractivity (Wildman–Crippen MR) is 142 cm³/mol. The maximum Gasteiger partial charge on any atom is 0.180 e. The number of hydrogen-bond donors (Lipinski definition) is 0. The molecule has 0 spiro atoms. The van der Waals surface area contributed by atoms with Gasteiger partial charge in [-0.05, 0) is 50.5 Å². The fourth-order valence-corrected chi connectivity index (χ4v) is 5.77. The van der Waals surface area contributed by atoms with Gasteiger partial charge in [-0.25, -0.2) is 9.97 Å². The Morgan fingerprint density at radius 2 is 1.92 bits per heavy atom. The third kappa shape index (κ3) is 7.05. The fraction of sp³-hybridized carbons (Fsp3) is 0.655. The van der Waals surface area contributed by atoms with Gasteiger partial charge in [0.25, 0.3) is 0 Å². The minimum atomic E-state index is -0.116. The summed E-state index contributed by atoms with van der Waals surface area (Å²) in [5.41, 5.74) is 2.92. The van der Waals surface area contributed by atoms with E-state index in [1.54, 1.807) is 6.20 Å². The molecule has 1 aliphatic heterocycles. The van der Waals surface area contributed by atoms with Crippen LogP contribution in [0.1, 0.15) is 75.5 Å². The van der Waals surface area contributed by atoms with Crippen LogP contribution in [0.5, 0.6) is 5.75 Å². The van der Waals surface area contributed by atoms with E-state index in [9.17, 15) is 4.79 Å². The van der Waals surface area contributed by atoms with Crippen LogP contribution in [0, 0.1) is 5.92 Å². The van der Waals surface area contributed by atoms with Crippen molar-refractivity contribution in [3.05, 3.63) is 29.6 Å². The zero-order chi connectivity index (χ0) is 25.5. The highest BCUT2D eigenvalue weighted by Crippen LogP contribution is 2.32. The van der Waals surface area contributed by atoms with Crippen molar-refractivity contribution in [2.45, 2.75) is 83.3 Å². The summed E-state index contributed by atoms with van der Waals surface area (Å²) in [7, 11) is 1.98. The lowest BCUT2D eigenvalue weighted by Crippen LogP contribution is -2.29. The molecule has 5 rings (SSSR count). The molecular weight excluding hydrogens is 468 g/mol. The Labute approximate surface area is 220 Å². The SMILES string of the molecule is CN(CC(=O)CC1CCCCC1)c1nc(-c2cc(OCCOC3CCCCO3)ccn2)nc2c1CCC2. The maximum atomic E-state index is 12.9. The van der Waals surface area contributed by atoms with E-state index in [1.165, 1.54) is 37.7 Å². The molecule has 0 aromatic carbocycles. The van der Waals surface area contributed by atoms with Gasteiger partial charge in [0.05, 0.1) is 13.2 Å². The quantitative estimate of drug-likeness (QED) is 0.395. The van der Waals surface area contributed by atoms with Gasteiger partial charge < -0.3 is 19.1 Å². The zero-order valence-corrected chi connectivity index (χ0v) is 22.1. The van der Waals surface area contributed by atoms with E-state index in [-0.39, 0.29) is 6.29 Å². The normalized spacial score (nSPS) is 20.0. The summed E-state index contributed by atoms with van der Waals surface area (Å²) >= 11 is 0. The minimum Gasteiger partial charge on any atom is -0.491 e. The molecule has 2 aliphatic carbocycles. The molecule has 37 heavy (non-hydrogen) atoms. The molecular formula is C29H40N4O4. The number of likely N-dealkylation sites (N-methyl/N-ethyl adjacent to an activating group) is 1. The monoisotopic (exact) mass is 508 g/mol. The van der Waals surface area contributed by atoms with Gasteiger partial charge in [0.2, 0.25) is 0 Å². The number of hydrogen-bond acceptors (Lipinski definition) is 8. The molecule has 8 heteroatoms. The molecule has 0 amide bonds. The summed E-state index contributed by atoms with van der Waals surface area (Å²) in [5, 5.41) is 0. The molecule has 0 radical (unpaired) electrons. The van der Waals surface area contributed by atoms with E-state index in [0.717, 1.165) is 56.6 Å². The van der Waals surface area contributed by atoms with Gasteiger partial charge in [-0.2, -0.15) is 0 Å². The van der Waals surface area contributed by atoms with E-state index in [4.69, 9.17) is 24.2 Å². The molecule has 1 saturated heterocycles. The van der Waals surface area contributed by atoms with Crippen LogP contribution in [0.2, 0.25) is 0 Å². The summed E-state index contributed by atoms with van der Waals surface area (Å²) in [6.45, 7) is 2.07. The Morgan fingerprint density at radius 1 is 1.05 bits per heavy atom. The Balaban J connectivity index is 1.23. The van der Waals surface area contributed by atoms with Crippen LogP contribution in [0.15, 0.2) is 18.3 Å². The number of carbonyl (C=O) groups excluding carboxylic acids is 1. The highest BCUT2D eigenvalue weighted by Gasteiger charge is 2.25. The van der Waals surface area contributed by atoms with Gasteiger partial charge in [0, 0.05) is 43.6 Å². The number of nitrogens with zero attached hydrogens (tertiary/aromatic N) is 4. The van der Waals surface area contributed by atoms with Crippen LogP contribution >= 0.6 is 0 Å². The number of carbonyl (C=O) groups is 1. The molecule has 0 bridgehead atoms. The van der Waals surface area contributed by atoms with Crippen LogP contribution in [0.4, 0.5) is 5.82 Å². The first-order valence-electron chi connectivity index (χ1n) is 14.1. The second-order valence-corrected chi connectivity index (χ2v) is 10.6. The standard InChI is InChI=1S/C29H40N4O4/c1-33(20-22(34)18-21-8-3-2-4-9-21)29-24-10-7-11-25(24)31-28(32-29)26-19-23(13-14-30-26)35-16-17-37-27-12-5-6-15-36-27/h13-14,19,21,27H,2-12,15-18,20H2,1H3. The lowest BCUT2D eigenvalue weighted by atomic mass is 9.86. The van der Waals surface area contributed by atoms with Gasteiger partial charge in [0.1, 0.15) is 23.9 Å². The van der Waals surface area contributed by atoms with E-state index in [0.29, 0.717) is 55.1 Å². The molecule has 3 aliphatic rings. The molecule has 200 valence electrons. The smallest absolute Gasteiger partial charge is 0.180 e. The van der Waals surface area contributed by atoms with Crippen LogP contribution in [-0.4, -0.2) is 60.4 Å². The highest BCUT2D eigenvalue weighted by atomic mass is 16.7. The number of ether oxygens (including phenoxy) is 3. The largest absolute Gasteiger partial charge is 0.491 e. The number of ketones is 1. The Bertz CT molecular complexity index is 1050. The number of aromatic nitrogens is 3. The lowest BCUT2D eigenvalue weighted by molar-refractivity contribution is -0.165. The lowest BCUT2D eigenvalue weighted by Gasteiger charge is -2.24. The molecule has 2 fully saturated rings. The average molecular weight is 509 g/mol. The molecule has 0 N–H and O–H groups in total. The third-order valence-electron chi connectivity index (χ3n) is 7.68. The Kier molecular flexibility index (Phi) is 9.00. The number of aryl methyl sites for hydroxylation is 1. The van der Waals surface area contributed by atoms with Crippen molar-refractivity contribution >= 4 is 11.6 Å². The number of pyridine rings is 1. The average Bonchev–Trinajstić information content (AvgIpc) is 3.41. The molecule has 1 atom stereocenters. The van der Waals surface area contributed by atoms with Crippen molar-refractivity contribution in [2.75, 3.05) is 38.3 Å². The molecule has 1 unspecified atom stereocenters. The Morgan fingerprint density at radius 3 is 2.76 bits per heavy atom. The minimum absolute atomic E-state index is 0.116. The predicted octanol–water partition coefficient (Wildman–Crippen LogP) is 4.93. The first kappa shape index (κ1) is 26.0. The van der Waals surface area contributed by atoms with Crippen LogP contribution in [-0.2, 0) is 27.1 Å². The van der Waals surface area contributed by atoms with Crippen molar-refractivity contribution in [1.82, 2.24) is 15.0 Å². The van der Waals surface area contributed by atoms with Crippen molar-refractivity contribution in [3.8, 4) is 17.3 Å². The van der Waals surface area contributed by atoms with Crippen molar-refractivity contribution in [1.29, 1.82) is 0 Å². The van der Waals surface area contributed by atoms with Crippen LogP contribution < -0.4 is 9.64 Å². The van der Waals surface area contributed by atoms with E-state index in [1.807, 2.05) is 24.1 Å². The maximum absolute atomic E-state index is 12.9. The fourth-order valence-electron chi connectivity index (χ4n) is 5.77. The summed E-state index contributed by atoms with van der Waals surface area (Å²) in [6.07, 6.45) is 14.6. The van der Waals surface area contributed by atoms with Crippen LogP contribution in [0.25, 0.3) is 11.5 Å². The Hall–Kier alpha value is -2.58. The topological polar surface area (TPSA) is 86.7 Å². The van der Waals surface area contributed by atoms with Crippen molar-refractivity contribution in [2.24, 2.45) is 5.92 Å². The number of anilines is 1. The highest BCUT2D eigenvalue weighted by molar-refractivity contribution is 5.83. The molecule has 1 saturated carbocycles. The molecule has 2 aromatic heterocycles. The van der Waals surface area contributed by atoms with Gasteiger partial charge >= 0.3 is 0 Å². The van der Waals surface area contributed by atoms with E-state index >= 15 is 0 Å². The first-order chi connectivity index (χ1) is 18.2. The number of Topliss-reactive ketones (excluding diaryl/α,β-unsaturated/α-hetero) is 1. The second-order valence-electron chi connectivity index (χ2n) is 10.6. The van der Waals surface area contributed by atoms with E-state index in [2.05, 4.69) is 4.98 Å². The first-order valence-corrected chi connectivity index (χ1v) is 14.1. The molecule has 3 heterocycles. The van der Waals surface area contributed by atoms with Gasteiger partial charge in [0.15, 0.2) is 17.9 Å². The summed E-state index contributed by atoms with van der Waals surface area (Å²) in [5.74, 6) is 3.01. The zero-order valence-electron chi connectivity index (χ0n) is 22.1. The summed E-state index contributed by atoms with van der Waals surface area (Å²) in [4.78, 5) is 29.2. The van der Waals surface area contributed by atoms with Crippen molar-refractivity contribution < 1.29 is 19.0 Å². The summed E-state index contributed by atoms with van der Waals surface area (Å²) < 4.78 is 17.3. The van der Waals surface area contributed by atoms with Gasteiger partial charge in [-0.1, -0.05) is 32.1 Å². The van der Waals surface area contributed by atoms with Gasteiger partial charge in [-0.3, -0.25) is 9.78 Å². The summed E-state index contributed by atoms with van der Waals surface area (Å²) in [6, 6.07) is 3.72. The van der Waals surface area contributed by atoms with E-state index < -0.39 is 0 Å². The third-order valence-corrected chi connectivity index (χ3v) is 7.68. The molecule has 8 nitrogen and oxygen atoms in total. The second kappa shape index (κ2) is 12.8.